The summed E-state index contributed by atoms with van der Waals surface area (Å²) in [6.07, 6.45) is 6.29. The number of amides is 1. The number of carbonyl (C=O) groups is 1. The smallest absolute Gasteiger partial charge is 0.261 e. The summed E-state index contributed by atoms with van der Waals surface area (Å²) in [5, 5.41) is 2.65. The average molecular weight is 667 g/mol. The molecule has 1 saturated heterocycles. The summed E-state index contributed by atoms with van der Waals surface area (Å²) < 4.78 is 48.8. The quantitative estimate of drug-likeness (QED) is 0.172. The largest absolute Gasteiger partial charge is 0.493 e. The molecular weight excluding hydrogens is 630 g/mol. The summed E-state index contributed by atoms with van der Waals surface area (Å²) in [6, 6.07) is 15.8. The Morgan fingerprint density at radius 3 is 2.33 bits per heavy atom. The number of anilines is 2. The highest BCUT2D eigenvalue weighted by molar-refractivity contribution is 6.04. The van der Waals surface area contributed by atoms with Gasteiger partial charge in [0.05, 0.1) is 14.2 Å². The second-order valence-corrected chi connectivity index (χ2v) is 12.0. The van der Waals surface area contributed by atoms with Crippen molar-refractivity contribution in [2.75, 3.05) is 38.5 Å². The van der Waals surface area contributed by atoms with Gasteiger partial charge in [0.25, 0.3) is 5.91 Å². The van der Waals surface area contributed by atoms with Crippen LogP contribution in [0.1, 0.15) is 28.8 Å². The lowest BCUT2D eigenvalue weighted by atomic mass is 9.99. The third kappa shape index (κ3) is 7.17. The first-order valence-corrected chi connectivity index (χ1v) is 15.8. The maximum atomic E-state index is 15.7. The number of pyridine rings is 2. The van der Waals surface area contributed by atoms with Crippen molar-refractivity contribution >= 4 is 17.4 Å². The highest BCUT2D eigenvalue weighted by atomic mass is 19.1. The van der Waals surface area contributed by atoms with E-state index in [1.54, 1.807) is 55.3 Å². The van der Waals surface area contributed by atoms with Gasteiger partial charge in [-0.05, 0) is 79.3 Å². The van der Waals surface area contributed by atoms with Gasteiger partial charge in [-0.2, -0.15) is 0 Å². The van der Waals surface area contributed by atoms with Crippen molar-refractivity contribution in [1.29, 1.82) is 0 Å². The van der Waals surface area contributed by atoms with E-state index in [1.807, 2.05) is 6.07 Å². The van der Waals surface area contributed by atoms with Crippen LogP contribution in [0.25, 0.3) is 33.4 Å². The van der Waals surface area contributed by atoms with Crippen LogP contribution < -0.4 is 26.0 Å². The highest BCUT2D eigenvalue weighted by Gasteiger charge is 2.22. The van der Waals surface area contributed by atoms with Gasteiger partial charge in [-0.3, -0.25) is 9.59 Å². The van der Waals surface area contributed by atoms with Crippen LogP contribution in [0.5, 0.6) is 11.5 Å². The number of nitrogens with two attached hydrogens (primary N) is 1. The Kier molecular flexibility index (Phi) is 9.72. The molecule has 0 atom stereocenters. The zero-order chi connectivity index (χ0) is 34.7. The highest BCUT2D eigenvalue weighted by Crippen LogP contribution is 2.36. The lowest BCUT2D eigenvalue weighted by Gasteiger charge is -2.23. The molecule has 1 aliphatic rings. The van der Waals surface area contributed by atoms with Gasteiger partial charge in [0.2, 0.25) is 5.43 Å². The third-order valence-electron chi connectivity index (χ3n) is 8.70. The molecule has 11 heteroatoms. The van der Waals surface area contributed by atoms with E-state index < -0.39 is 23.0 Å². The topological polar surface area (TPSA) is 118 Å². The van der Waals surface area contributed by atoms with E-state index in [1.165, 1.54) is 37.6 Å². The summed E-state index contributed by atoms with van der Waals surface area (Å²) in [6.45, 7) is 3.53. The molecule has 0 radical (unpaired) electrons. The van der Waals surface area contributed by atoms with Gasteiger partial charge in [0.15, 0.2) is 11.5 Å². The Morgan fingerprint density at radius 1 is 0.898 bits per heavy atom. The SMILES string of the molecule is COc1ccc(-c2cnc(N)c(-c3ccc(NC(=O)c4cn(CC5CCOCC5)cc(-c5ccc(C)cc5F)c4=O)cc3F)c2)cc1OC. The maximum Gasteiger partial charge on any atom is 0.261 e. The Hall–Kier alpha value is -5.55. The van der Waals surface area contributed by atoms with Gasteiger partial charge in [-0.25, -0.2) is 13.8 Å². The molecule has 0 aliphatic carbocycles. The van der Waals surface area contributed by atoms with Gasteiger partial charge in [-0.1, -0.05) is 18.2 Å². The molecular formula is C38H36F2N4O5. The van der Waals surface area contributed by atoms with E-state index in [0.29, 0.717) is 47.9 Å². The lowest BCUT2D eigenvalue weighted by Crippen LogP contribution is -2.27. The van der Waals surface area contributed by atoms with Crippen LogP contribution in [0.4, 0.5) is 20.3 Å². The first-order valence-electron chi connectivity index (χ1n) is 15.8. The normalized spacial score (nSPS) is 13.2. The van der Waals surface area contributed by atoms with Crippen LogP contribution in [0.2, 0.25) is 0 Å². The summed E-state index contributed by atoms with van der Waals surface area (Å²) >= 11 is 0. The Bertz CT molecular complexity index is 2090. The van der Waals surface area contributed by atoms with E-state index in [-0.39, 0.29) is 39.7 Å². The number of nitrogens with zero attached hydrogens (tertiary/aromatic N) is 2. The van der Waals surface area contributed by atoms with E-state index in [9.17, 15) is 9.59 Å². The Balaban J connectivity index is 1.31. The fourth-order valence-electron chi connectivity index (χ4n) is 6.03. The Morgan fingerprint density at radius 2 is 1.61 bits per heavy atom. The number of rotatable bonds is 9. The molecule has 5 aromatic rings. The van der Waals surface area contributed by atoms with Gasteiger partial charge in [0.1, 0.15) is 23.0 Å². The van der Waals surface area contributed by atoms with Crippen molar-refractivity contribution in [3.8, 4) is 44.9 Å². The number of methoxy groups -OCH3 is 2. The van der Waals surface area contributed by atoms with Crippen molar-refractivity contribution < 1.29 is 27.8 Å². The van der Waals surface area contributed by atoms with Crippen LogP contribution >= 0.6 is 0 Å². The number of carbonyl (C=O) groups excluding carboxylic acids is 1. The first kappa shape index (κ1) is 33.4. The minimum absolute atomic E-state index is 0.0658. The van der Waals surface area contributed by atoms with E-state index in [4.69, 9.17) is 19.9 Å². The van der Waals surface area contributed by atoms with Crippen molar-refractivity contribution in [3.63, 3.8) is 0 Å². The second-order valence-electron chi connectivity index (χ2n) is 12.0. The molecule has 0 saturated carbocycles. The number of benzene rings is 3. The molecule has 2 aromatic heterocycles. The minimum atomic E-state index is -0.746. The van der Waals surface area contributed by atoms with Crippen molar-refractivity contribution in [3.05, 3.63) is 112 Å². The van der Waals surface area contributed by atoms with Crippen LogP contribution in [0.3, 0.4) is 0 Å². The molecule has 1 fully saturated rings. The lowest BCUT2D eigenvalue weighted by molar-refractivity contribution is 0.0612. The van der Waals surface area contributed by atoms with E-state index in [2.05, 4.69) is 10.3 Å². The van der Waals surface area contributed by atoms with Crippen LogP contribution in [-0.4, -0.2) is 42.9 Å². The first-order chi connectivity index (χ1) is 23.6. The molecule has 0 bridgehead atoms. The van der Waals surface area contributed by atoms with E-state index >= 15 is 8.78 Å². The molecule has 3 heterocycles. The fraction of sp³-hybridized carbons (Fsp3) is 0.237. The number of halogens is 2. The number of hydrogen-bond donors (Lipinski definition) is 2. The molecule has 49 heavy (non-hydrogen) atoms. The molecule has 9 nitrogen and oxygen atoms in total. The van der Waals surface area contributed by atoms with Gasteiger partial charge >= 0.3 is 0 Å². The van der Waals surface area contributed by atoms with Crippen LogP contribution in [-0.2, 0) is 11.3 Å². The van der Waals surface area contributed by atoms with Gasteiger partial charge in [-0.15, -0.1) is 0 Å². The summed E-state index contributed by atoms with van der Waals surface area (Å²) in [7, 11) is 3.08. The Labute approximate surface area is 282 Å². The van der Waals surface area contributed by atoms with Crippen molar-refractivity contribution in [2.24, 2.45) is 5.92 Å². The average Bonchev–Trinajstić information content (AvgIpc) is 3.10. The number of nitrogens with one attached hydrogen (secondary N) is 1. The molecule has 252 valence electrons. The fourth-order valence-corrected chi connectivity index (χ4v) is 6.03. The van der Waals surface area contributed by atoms with Crippen LogP contribution in [0.15, 0.2) is 84.0 Å². The standard InChI is InChI=1S/C38H36F2N4O5/c1-22-4-7-28(32(39)14-22)30-20-44(19-23-10-12-49-13-11-23)21-31(36(30)45)38(46)43-26-6-8-27(33(40)17-26)29-15-25(18-42-37(29)41)24-5-9-34(47-2)35(16-24)48-3/h4-9,14-18,20-21,23H,10-13,19H2,1-3H3,(H2,41,42)(H,43,46). The zero-order valence-electron chi connectivity index (χ0n) is 27.4. The molecule has 0 spiro atoms. The number of ether oxygens (including phenoxy) is 3. The number of nitrogen functional groups attached to an aromatic ring is 1. The predicted octanol–water partition coefficient (Wildman–Crippen LogP) is 7.11. The zero-order valence-corrected chi connectivity index (χ0v) is 27.4. The molecule has 0 unspecified atom stereocenters. The molecule has 1 amide bonds. The van der Waals surface area contributed by atoms with E-state index in [0.717, 1.165) is 24.5 Å². The molecule has 1 aliphatic heterocycles. The maximum absolute atomic E-state index is 15.7. The number of aryl methyl sites for hydroxylation is 1. The number of hydrogen-bond acceptors (Lipinski definition) is 7. The summed E-state index contributed by atoms with van der Waals surface area (Å²) in [5.74, 6) is -0.511. The minimum Gasteiger partial charge on any atom is -0.493 e. The van der Waals surface area contributed by atoms with Crippen LogP contribution in [0, 0.1) is 24.5 Å². The second kappa shape index (κ2) is 14.3. The number of aromatic nitrogens is 2. The van der Waals surface area contributed by atoms with Gasteiger partial charge < -0.3 is 29.8 Å². The summed E-state index contributed by atoms with van der Waals surface area (Å²) in [5.41, 5.74) is 8.29. The molecule has 3 aromatic carbocycles. The molecule has 3 N–H and O–H groups in total. The predicted molar refractivity (Wildman–Crippen MR) is 185 cm³/mol. The van der Waals surface area contributed by atoms with Crippen molar-refractivity contribution in [2.45, 2.75) is 26.3 Å². The molecule has 6 rings (SSSR count). The van der Waals surface area contributed by atoms with Crippen molar-refractivity contribution in [1.82, 2.24) is 9.55 Å². The third-order valence-corrected chi connectivity index (χ3v) is 8.70. The van der Waals surface area contributed by atoms with Gasteiger partial charge in [0, 0.05) is 71.9 Å². The monoisotopic (exact) mass is 666 g/mol. The summed E-state index contributed by atoms with van der Waals surface area (Å²) in [4.78, 5) is 31.6.